The summed E-state index contributed by atoms with van der Waals surface area (Å²) in [5.74, 6) is -1.17. The number of hydrogen-bond acceptors (Lipinski definition) is 7. The molecule has 2 unspecified atom stereocenters. The lowest BCUT2D eigenvalue weighted by Gasteiger charge is -2.27. The molecule has 0 radical (unpaired) electrons. The monoisotopic (exact) mass is 388 g/mol. The van der Waals surface area contributed by atoms with Crippen LogP contribution in [0.4, 0.5) is 0 Å². The van der Waals surface area contributed by atoms with Crippen molar-refractivity contribution in [1.82, 2.24) is 0 Å². The molecule has 2 rings (SSSR count). The van der Waals surface area contributed by atoms with E-state index in [-0.39, 0.29) is 6.61 Å². The fourth-order valence-corrected chi connectivity index (χ4v) is 2.36. The number of methoxy groups -OCH3 is 1. The Hall–Kier alpha value is -2.74. The summed E-state index contributed by atoms with van der Waals surface area (Å²) < 4.78 is 21.4. The Balaban J connectivity index is 2.06. The molecule has 0 spiro atoms. The van der Waals surface area contributed by atoms with E-state index in [1.807, 2.05) is 0 Å². The van der Waals surface area contributed by atoms with Crippen molar-refractivity contribution in [2.75, 3.05) is 20.3 Å². The molecule has 3 atom stereocenters. The van der Waals surface area contributed by atoms with E-state index in [1.165, 1.54) is 7.11 Å². The minimum absolute atomic E-state index is 0.227. The fourth-order valence-electron chi connectivity index (χ4n) is 2.36. The molecule has 2 aromatic carbocycles. The molecule has 7 nitrogen and oxygen atoms in total. The number of hydrogen-bond donors (Lipinski definition) is 1. The van der Waals surface area contributed by atoms with E-state index in [1.54, 1.807) is 67.6 Å². The lowest BCUT2D eigenvalue weighted by molar-refractivity contribution is -0.186. The highest BCUT2D eigenvalue weighted by atomic mass is 16.7. The van der Waals surface area contributed by atoms with Gasteiger partial charge in [0, 0.05) is 7.11 Å². The van der Waals surface area contributed by atoms with Gasteiger partial charge >= 0.3 is 11.9 Å². The summed E-state index contributed by atoms with van der Waals surface area (Å²) in [7, 11) is 1.45. The van der Waals surface area contributed by atoms with Crippen molar-refractivity contribution in [3.05, 3.63) is 71.8 Å². The van der Waals surface area contributed by atoms with Crippen LogP contribution in [-0.2, 0) is 18.9 Å². The zero-order valence-corrected chi connectivity index (χ0v) is 15.8. The van der Waals surface area contributed by atoms with Crippen LogP contribution in [0.5, 0.6) is 0 Å². The number of carbonyl (C=O) groups excluding carboxylic acids is 2. The van der Waals surface area contributed by atoms with Gasteiger partial charge in [0.05, 0.1) is 17.7 Å². The minimum Gasteiger partial charge on any atom is -0.459 e. The molecule has 7 heteroatoms. The number of benzene rings is 2. The molecule has 2 aromatic rings. The fraction of sp³-hybridized carbons (Fsp3) is 0.333. The molecule has 0 heterocycles. The zero-order chi connectivity index (χ0) is 20.4. The van der Waals surface area contributed by atoms with Crippen molar-refractivity contribution in [1.29, 1.82) is 0 Å². The molecule has 0 aliphatic rings. The van der Waals surface area contributed by atoms with Crippen LogP contribution < -0.4 is 0 Å². The maximum Gasteiger partial charge on any atom is 0.338 e. The van der Waals surface area contributed by atoms with E-state index >= 15 is 0 Å². The van der Waals surface area contributed by atoms with Crippen LogP contribution in [0.1, 0.15) is 27.6 Å². The van der Waals surface area contributed by atoms with Crippen molar-refractivity contribution in [3.63, 3.8) is 0 Å². The van der Waals surface area contributed by atoms with Crippen LogP contribution >= 0.6 is 0 Å². The van der Waals surface area contributed by atoms with Gasteiger partial charge in [0.1, 0.15) is 12.7 Å². The number of ether oxygens (including phenoxy) is 4. The van der Waals surface area contributed by atoms with Gasteiger partial charge in [0.15, 0.2) is 12.4 Å². The molecule has 0 aromatic heterocycles. The molecule has 0 saturated carbocycles. The smallest absolute Gasteiger partial charge is 0.338 e. The summed E-state index contributed by atoms with van der Waals surface area (Å²) in [6.07, 6.45) is -2.63. The van der Waals surface area contributed by atoms with Crippen molar-refractivity contribution >= 4 is 11.9 Å². The van der Waals surface area contributed by atoms with Crippen LogP contribution in [0.15, 0.2) is 60.7 Å². The van der Waals surface area contributed by atoms with Gasteiger partial charge < -0.3 is 24.1 Å². The highest BCUT2D eigenvalue weighted by Crippen LogP contribution is 2.13. The molecule has 0 bridgehead atoms. The van der Waals surface area contributed by atoms with E-state index in [2.05, 4.69) is 0 Å². The SMILES string of the molecule is COC(C)O[C@H](COC(=O)c1ccccc1)C(CO)OC(=O)c1ccccc1. The van der Waals surface area contributed by atoms with E-state index in [9.17, 15) is 14.7 Å². The van der Waals surface area contributed by atoms with Crippen molar-refractivity contribution < 1.29 is 33.6 Å². The Morgan fingerprint density at radius 1 is 0.893 bits per heavy atom. The van der Waals surface area contributed by atoms with Gasteiger partial charge in [0.2, 0.25) is 0 Å². The third-order valence-corrected chi connectivity index (χ3v) is 3.95. The Labute approximate surface area is 163 Å². The maximum atomic E-state index is 12.3. The van der Waals surface area contributed by atoms with Crippen molar-refractivity contribution in [2.45, 2.75) is 25.4 Å². The summed E-state index contributed by atoms with van der Waals surface area (Å²) in [4.78, 5) is 24.5. The second-order valence-corrected chi connectivity index (χ2v) is 5.93. The molecule has 0 aliphatic carbocycles. The standard InChI is InChI=1S/C21H24O7/c1-15(25-2)27-19(14-26-20(23)16-9-5-3-6-10-16)18(13-22)28-21(24)17-11-7-4-8-12-17/h3-12,15,18-19,22H,13-14H2,1-2H3/t15?,18?,19-/m1/s1. The Kier molecular flexibility index (Phi) is 8.61. The summed E-state index contributed by atoms with van der Waals surface area (Å²) in [6, 6.07) is 16.8. The van der Waals surface area contributed by atoms with Gasteiger partial charge in [-0.1, -0.05) is 36.4 Å². The van der Waals surface area contributed by atoms with Crippen LogP contribution in [0.3, 0.4) is 0 Å². The highest BCUT2D eigenvalue weighted by Gasteiger charge is 2.29. The normalized spacial score (nSPS) is 14.0. The first-order valence-corrected chi connectivity index (χ1v) is 8.82. The average Bonchev–Trinajstić information content (AvgIpc) is 2.75. The number of rotatable bonds is 10. The molecule has 1 N–H and O–H groups in total. The first-order chi connectivity index (χ1) is 13.5. The molecule has 28 heavy (non-hydrogen) atoms. The third-order valence-electron chi connectivity index (χ3n) is 3.95. The summed E-state index contributed by atoms with van der Waals surface area (Å²) in [5, 5.41) is 9.72. The Bertz CT molecular complexity index is 733. The zero-order valence-electron chi connectivity index (χ0n) is 15.8. The summed E-state index contributed by atoms with van der Waals surface area (Å²) in [5.41, 5.74) is 0.712. The van der Waals surface area contributed by atoms with E-state index < -0.39 is 37.0 Å². The molecular formula is C21H24O7. The minimum atomic E-state index is -1.05. The van der Waals surface area contributed by atoms with E-state index in [0.717, 1.165) is 0 Å². The second-order valence-electron chi connectivity index (χ2n) is 5.93. The average molecular weight is 388 g/mol. The number of aliphatic hydroxyl groups excluding tert-OH is 1. The lowest BCUT2D eigenvalue weighted by atomic mass is 10.2. The van der Waals surface area contributed by atoms with Crippen molar-refractivity contribution in [2.24, 2.45) is 0 Å². The van der Waals surface area contributed by atoms with Gasteiger partial charge in [-0.2, -0.15) is 0 Å². The number of esters is 2. The van der Waals surface area contributed by atoms with Crippen LogP contribution in [0.2, 0.25) is 0 Å². The predicted octanol–water partition coefficient (Wildman–Crippen LogP) is 2.44. The summed E-state index contributed by atoms with van der Waals surface area (Å²) >= 11 is 0. The molecule has 0 fully saturated rings. The third kappa shape index (κ3) is 6.45. The molecule has 0 saturated heterocycles. The lowest BCUT2D eigenvalue weighted by Crippen LogP contribution is -2.42. The van der Waals surface area contributed by atoms with E-state index in [0.29, 0.717) is 11.1 Å². The highest BCUT2D eigenvalue weighted by molar-refractivity contribution is 5.90. The quantitative estimate of drug-likeness (QED) is 0.494. The molecule has 0 aliphatic heterocycles. The Morgan fingerprint density at radius 3 is 1.93 bits per heavy atom. The van der Waals surface area contributed by atoms with Gasteiger partial charge in [-0.25, -0.2) is 9.59 Å². The van der Waals surface area contributed by atoms with Crippen LogP contribution in [-0.4, -0.2) is 55.9 Å². The van der Waals surface area contributed by atoms with Gasteiger partial charge in [0.25, 0.3) is 0 Å². The van der Waals surface area contributed by atoms with Crippen molar-refractivity contribution in [3.8, 4) is 0 Å². The topological polar surface area (TPSA) is 91.3 Å². The summed E-state index contributed by atoms with van der Waals surface area (Å²) in [6.45, 7) is 0.900. The van der Waals surface area contributed by atoms with Gasteiger partial charge in [-0.15, -0.1) is 0 Å². The Morgan fingerprint density at radius 2 is 1.43 bits per heavy atom. The first kappa shape index (κ1) is 21.6. The van der Waals surface area contributed by atoms with Crippen LogP contribution in [0, 0.1) is 0 Å². The largest absolute Gasteiger partial charge is 0.459 e. The number of aliphatic hydroxyl groups is 1. The first-order valence-electron chi connectivity index (χ1n) is 8.82. The van der Waals surface area contributed by atoms with E-state index in [4.69, 9.17) is 18.9 Å². The van der Waals surface area contributed by atoms with Crippen LogP contribution in [0.25, 0.3) is 0 Å². The number of carbonyl (C=O) groups is 2. The van der Waals surface area contributed by atoms with Gasteiger partial charge in [-0.05, 0) is 31.2 Å². The van der Waals surface area contributed by atoms with Gasteiger partial charge in [-0.3, -0.25) is 0 Å². The molecule has 0 amide bonds. The predicted molar refractivity (Wildman–Crippen MR) is 101 cm³/mol. The maximum absolute atomic E-state index is 12.3. The second kappa shape index (κ2) is 11.2. The molecule has 150 valence electrons. The molecular weight excluding hydrogens is 364 g/mol.